The molecule has 1 aromatic rings. The monoisotopic (exact) mass is 219 g/mol. The second kappa shape index (κ2) is 4.25. The van der Waals surface area contributed by atoms with Crippen LogP contribution in [-0.4, -0.2) is 42.4 Å². The normalized spacial score (nSPS) is 20.9. The van der Waals surface area contributed by atoms with Crippen molar-refractivity contribution in [2.24, 2.45) is 0 Å². The molecule has 0 aromatic carbocycles. The molecule has 5 nitrogen and oxygen atoms in total. The molecule has 3 rings (SSSR count). The summed E-state index contributed by atoms with van der Waals surface area (Å²) >= 11 is 0. The first-order valence-corrected chi connectivity index (χ1v) is 5.97. The van der Waals surface area contributed by atoms with E-state index in [4.69, 9.17) is 0 Å². The average Bonchev–Trinajstić information content (AvgIpc) is 3.15. The molecule has 2 heterocycles. The maximum Gasteiger partial charge on any atom is 0.150 e. The molecule has 2 fully saturated rings. The zero-order valence-corrected chi connectivity index (χ0v) is 9.32. The van der Waals surface area contributed by atoms with E-state index in [0.717, 1.165) is 32.0 Å². The molecule has 0 amide bonds. The molecule has 2 aliphatic rings. The van der Waals surface area contributed by atoms with Gasteiger partial charge < -0.3 is 15.5 Å². The van der Waals surface area contributed by atoms with Gasteiger partial charge in [0, 0.05) is 38.3 Å². The average molecular weight is 219 g/mol. The Kier molecular flexibility index (Phi) is 2.61. The zero-order valence-electron chi connectivity index (χ0n) is 9.32. The highest BCUT2D eigenvalue weighted by atomic mass is 15.2. The summed E-state index contributed by atoms with van der Waals surface area (Å²) in [6.07, 6.45) is 4.38. The van der Waals surface area contributed by atoms with Crippen LogP contribution in [0.1, 0.15) is 12.8 Å². The Balaban J connectivity index is 1.72. The molecule has 1 aromatic heterocycles. The van der Waals surface area contributed by atoms with Crippen LogP contribution in [0.4, 0.5) is 11.5 Å². The lowest BCUT2D eigenvalue weighted by atomic mass is 10.3. The van der Waals surface area contributed by atoms with Crippen molar-refractivity contribution < 1.29 is 0 Å². The Morgan fingerprint density at radius 1 is 1.31 bits per heavy atom. The molecule has 1 saturated heterocycles. The highest BCUT2D eigenvalue weighted by molar-refractivity contribution is 5.53. The fourth-order valence-corrected chi connectivity index (χ4v) is 1.96. The van der Waals surface area contributed by atoms with Gasteiger partial charge in [-0.3, -0.25) is 0 Å². The lowest BCUT2D eigenvalue weighted by molar-refractivity contribution is 0.588. The highest BCUT2D eigenvalue weighted by Gasteiger charge is 2.21. The molecule has 1 aliphatic heterocycles. The Labute approximate surface area is 95.2 Å². The first kappa shape index (κ1) is 9.84. The van der Waals surface area contributed by atoms with Crippen molar-refractivity contribution in [3.05, 3.63) is 12.3 Å². The third kappa shape index (κ3) is 2.24. The van der Waals surface area contributed by atoms with Crippen LogP contribution >= 0.6 is 0 Å². The predicted molar refractivity (Wildman–Crippen MR) is 63.8 cm³/mol. The number of hydrogen-bond acceptors (Lipinski definition) is 5. The number of anilines is 2. The van der Waals surface area contributed by atoms with Crippen LogP contribution in [0.25, 0.3) is 0 Å². The molecule has 16 heavy (non-hydrogen) atoms. The van der Waals surface area contributed by atoms with Crippen molar-refractivity contribution in [3.63, 3.8) is 0 Å². The van der Waals surface area contributed by atoms with Crippen LogP contribution in [0.3, 0.4) is 0 Å². The maximum absolute atomic E-state index is 4.11. The summed E-state index contributed by atoms with van der Waals surface area (Å²) in [6.45, 7) is 4.20. The number of rotatable bonds is 3. The second-order valence-electron chi connectivity index (χ2n) is 4.45. The Morgan fingerprint density at radius 2 is 2.12 bits per heavy atom. The summed E-state index contributed by atoms with van der Waals surface area (Å²) in [5.41, 5.74) is 1.18. The van der Waals surface area contributed by atoms with Gasteiger partial charge in [0.15, 0.2) is 5.82 Å². The molecule has 86 valence electrons. The van der Waals surface area contributed by atoms with Crippen molar-refractivity contribution >= 4 is 11.5 Å². The van der Waals surface area contributed by atoms with E-state index >= 15 is 0 Å². The summed E-state index contributed by atoms with van der Waals surface area (Å²) in [5, 5.41) is 14.9. The van der Waals surface area contributed by atoms with Crippen molar-refractivity contribution in [1.29, 1.82) is 0 Å². The van der Waals surface area contributed by atoms with Gasteiger partial charge in [-0.15, -0.1) is 5.10 Å². The predicted octanol–water partition coefficient (Wildman–Crippen LogP) is 0.460. The summed E-state index contributed by atoms with van der Waals surface area (Å²) in [6, 6.07) is 2.74. The van der Waals surface area contributed by atoms with Gasteiger partial charge in [-0.2, -0.15) is 5.10 Å². The molecule has 0 radical (unpaired) electrons. The fraction of sp³-hybridized carbons (Fsp3) is 0.636. The molecule has 5 heteroatoms. The molecule has 0 bridgehead atoms. The third-order valence-electron chi connectivity index (χ3n) is 3.05. The minimum absolute atomic E-state index is 0.632. The Bertz CT molecular complexity index is 357. The smallest absolute Gasteiger partial charge is 0.150 e. The van der Waals surface area contributed by atoms with Crippen LogP contribution in [0.2, 0.25) is 0 Å². The van der Waals surface area contributed by atoms with E-state index in [2.05, 4.69) is 31.8 Å². The van der Waals surface area contributed by atoms with Gasteiger partial charge in [-0.25, -0.2) is 0 Å². The van der Waals surface area contributed by atoms with E-state index < -0.39 is 0 Å². The summed E-state index contributed by atoms with van der Waals surface area (Å²) in [7, 11) is 0. The van der Waals surface area contributed by atoms with E-state index in [1.54, 1.807) is 0 Å². The van der Waals surface area contributed by atoms with Crippen molar-refractivity contribution in [2.45, 2.75) is 18.9 Å². The van der Waals surface area contributed by atoms with Crippen molar-refractivity contribution in [2.75, 3.05) is 36.4 Å². The van der Waals surface area contributed by atoms with Crippen molar-refractivity contribution in [1.82, 2.24) is 15.5 Å². The number of piperazine rings is 1. The fourth-order valence-electron chi connectivity index (χ4n) is 1.96. The number of hydrogen-bond donors (Lipinski definition) is 2. The van der Waals surface area contributed by atoms with Gasteiger partial charge in [0.05, 0.1) is 11.9 Å². The van der Waals surface area contributed by atoms with Gasteiger partial charge in [-0.1, -0.05) is 0 Å². The van der Waals surface area contributed by atoms with E-state index in [1.807, 2.05) is 6.20 Å². The topological polar surface area (TPSA) is 53.1 Å². The number of nitrogens with one attached hydrogen (secondary N) is 2. The number of nitrogens with zero attached hydrogens (tertiary/aromatic N) is 3. The molecule has 0 atom stereocenters. The van der Waals surface area contributed by atoms with Gasteiger partial charge in [-0.05, 0) is 12.8 Å². The van der Waals surface area contributed by atoms with E-state index in [-0.39, 0.29) is 0 Å². The van der Waals surface area contributed by atoms with Gasteiger partial charge >= 0.3 is 0 Å². The van der Waals surface area contributed by atoms with Crippen LogP contribution < -0.4 is 15.5 Å². The summed E-state index contributed by atoms with van der Waals surface area (Å²) < 4.78 is 0. The molecule has 0 spiro atoms. The Hall–Kier alpha value is -1.36. The summed E-state index contributed by atoms with van der Waals surface area (Å²) in [4.78, 5) is 2.35. The SMILES string of the molecule is c1nnc(NC2CC2)cc1N1CCNCC1. The van der Waals surface area contributed by atoms with Crippen LogP contribution in [0.5, 0.6) is 0 Å². The molecule has 2 N–H and O–H groups in total. The minimum Gasteiger partial charge on any atom is -0.368 e. The van der Waals surface area contributed by atoms with Crippen LogP contribution in [0.15, 0.2) is 12.3 Å². The Morgan fingerprint density at radius 3 is 2.88 bits per heavy atom. The zero-order chi connectivity index (χ0) is 10.8. The van der Waals surface area contributed by atoms with Gasteiger partial charge in [0.1, 0.15) is 0 Å². The molecule has 0 unspecified atom stereocenters. The second-order valence-corrected chi connectivity index (χ2v) is 4.45. The maximum atomic E-state index is 4.11. The van der Waals surface area contributed by atoms with E-state index in [0.29, 0.717) is 6.04 Å². The van der Waals surface area contributed by atoms with E-state index in [1.165, 1.54) is 18.5 Å². The summed E-state index contributed by atoms with van der Waals surface area (Å²) in [5.74, 6) is 0.915. The van der Waals surface area contributed by atoms with Gasteiger partial charge in [0.25, 0.3) is 0 Å². The lowest BCUT2D eigenvalue weighted by Gasteiger charge is -2.29. The quantitative estimate of drug-likeness (QED) is 0.773. The highest BCUT2D eigenvalue weighted by Crippen LogP contribution is 2.25. The standard InChI is InChI=1S/C11H17N5/c1-2-9(1)14-11-7-10(8-13-15-11)16-5-3-12-4-6-16/h7-9,12H,1-6H2,(H,14,15). The third-order valence-corrected chi connectivity index (χ3v) is 3.05. The first-order chi connectivity index (χ1) is 7.92. The first-order valence-electron chi connectivity index (χ1n) is 5.97. The molecule has 1 saturated carbocycles. The number of aromatic nitrogens is 2. The largest absolute Gasteiger partial charge is 0.368 e. The minimum atomic E-state index is 0.632. The van der Waals surface area contributed by atoms with Gasteiger partial charge in [0.2, 0.25) is 0 Å². The molecular formula is C11H17N5. The van der Waals surface area contributed by atoms with Crippen LogP contribution in [0, 0.1) is 0 Å². The lowest BCUT2D eigenvalue weighted by Crippen LogP contribution is -2.43. The molecule has 1 aliphatic carbocycles. The van der Waals surface area contributed by atoms with E-state index in [9.17, 15) is 0 Å². The van der Waals surface area contributed by atoms with Crippen molar-refractivity contribution in [3.8, 4) is 0 Å². The molecular weight excluding hydrogens is 202 g/mol. The van der Waals surface area contributed by atoms with Crippen LogP contribution in [-0.2, 0) is 0 Å².